The molecule has 0 aliphatic heterocycles. The van der Waals surface area contributed by atoms with Crippen molar-refractivity contribution in [3.8, 4) is 0 Å². The summed E-state index contributed by atoms with van der Waals surface area (Å²) in [5, 5.41) is 4.37. The Morgan fingerprint density at radius 1 is 1.29 bits per heavy atom. The minimum atomic E-state index is 0.632. The van der Waals surface area contributed by atoms with E-state index in [-0.39, 0.29) is 0 Å². The lowest BCUT2D eigenvalue weighted by molar-refractivity contribution is 0.647. The zero-order valence-electron chi connectivity index (χ0n) is 9.44. The van der Waals surface area contributed by atoms with Crippen LogP contribution in [0.4, 0.5) is 5.69 Å². The Morgan fingerprint density at radius 2 is 2.00 bits per heavy atom. The predicted octanol–water partition coefficient (Wildman–Crippen LogP) is 3.15. The first-order valence-electron chi connectivity index (χ1n) is 5.79. The van der Waals surface area contributed by atoms with Gasteiger partial charge in [0.25, 0.3) is 0 Å². The summed E-state index contributed by atoms with van der Waals surface area (Å²) in [5.74, 6) is 0.632. The summed E-state index contributed by atoms with van der Waals surface area (Å²) >= 11 is 3.44. The molecular weight excluding hydrogens is 278 g/mol. The number of anilines is 1. The summed E-state index contributed by atoms with van der Waals surface area (Å²) in [4.78, 5) is 0. The van der Waals surface area contributed by atoms with Gasteiger partial charge in [0, 0.05) is 10.4 Å². The van der Waals surface area contributed by atoms with Crippen LogP contribution in [-0.2, 0) is 6.54 Å². The molecule has 3 rings (SSSR count). The summed E-state index contributed by atoms with van der Waals surface area (Å²) in [7, 11) is 0. The number of hydrogen-bond donors (Lipinski definition) is 1. The number of benzene rings is 1. The molecular formula is C13H14BrN3. The van der Waals surface area contributed by atoms with Gasteiger partial charge in [0.05, 0.1) is 24.1 Å². The van der Waals surface area contributed by atoms with Crippen LogP contribution in [0.3, 0.4) is 0 Å². The third kappa shape index (κ3) is 2.22. The van der Waals surface area contributed by atoms with Gasteiger partial charge in [-0.05, 0) is 30.5 Å². The molecule has 1 aliphatic rings. The average molecular weight is 292 g/mol. The summed E-state index contributed by atoms with van der Waals surface area (Å²) in [6.45, 7) is 0.802. The first-order chi connectivity index (χ1) is 8.24. The third-order valence-corrected chi connectivity index (χ3v) is 3.65. The molecule has 2 N–H and O–H groups in total. The summed E-state index contributed by atoms with van der Waals surface area (Å²) in [5.41, 5.74) is 9.27. The molecule has 1 aliphatic carbocycles. The van der Waals surface area contributed by atoms with Gasteiger partial charge in [-0.15, -0.1) is 0 Å². The fourth-order valence-corrected chi connectivity index (χ4v) is 2.37. The van der Waals surface area contributed by atoms with Gasteiger partial charge in [-0.1, -0.05) is 28.1 Å². The zero-order chi connectivity index (χ0) is 11.8. The van der Waals surface area contributed by atoms with Crippen molar-refractivity contribution in [2.24, 2.45) is 0 Å². The van der Waals surface area contributed by atoms with Crippen LogP contribution >= 0.6 is 15.9 Å². The number of rotatable bonds is 3. The summed E-state index contributed by atoms with van der Waals surface area (Å²) in [6.07, 6.45) is 4.26. The highest BCUT2D eigenvalue weighted by molar-refractivity contribution is 9.10. The maximum absolute atomic E-state index is 5.97. The number of nitrogen functional groups attached to an aromatic ring is 1. The Balaban J connectivity index is 1.87. The number of nitrogens with two attached hydrogens (primary N) is 1. The molecule has 1 aromatic heterocycles. The molecule has 0 unspecified atom stereocenters. The van der Waals surface area contributed by atoms with Crippen LogP contribution in [0.15, 0.2) is 34.9 Å². The monoisotopic (exact) mass is 291 g/mol. The van der Waals surface area contributed by atoms with Gasteiger partial charge in [-0.2, -0.15) is 5.10 Å². The highest BCUT2D eigenvalue weighted by Gasteiger charge is 2.29. The van der Waals surface area contributed by atoms with E-state index < -0.39 is 0 Å². The molecule has 0 bridgehead atoms. The number of nitrogens with zero attached hydrogens (tertiary/aromatic N) is 2. The second-order valence-electron chi connectivity index (χ2n) is 4.54. The Labute approximate surface area is 109 Å². The molecule has 0 amide bonds. The van der Waals surface area contributed by atoms with Crippen LogP contribution in [0.5, 0.6) is 0 Å². The van der Waals surface area contributed by atoms with Gasteiger partial charge in [0.2, 0.25) is 0 Å². The van der Waals surface area contributed by atoms with Crippen molar-refractivity contribution in [1.82, 2.24) is 9.78 Å². The average Bonchev–Trinajstić information content (AvgIpc) is 3.08. The van der Waals surface area contributed by atoms with Crippen LogP contribution in [0, 0.1) is 0 Å². The highest BCUT2D eigenvalue weighted by atomic mass is 79.9. The van der Waals surface area contributed by atoms with Crippen LogP contribution < -0.4 is 5.73 Å². The van der Waals surface area contributed by atoms with Crippen molar-refractivity contribution in [3.05, 3.63) is 46.2 Å². The fourth-order valence-electron chi connectivity index (χ4n) is 2.10. The van der Waals surface area contributed by atoms with Gasteiger partial charge in [-0.25, -0.2) is 0 Å². The molecule has 0 saturated heterocycles. The Hall–Kier alpha value is -1.29. The molecule has 1 aromatic carbocycles. The second kappa shape index (κ2) is 4.18. The van der Waals surface area contributed by atoms with Gasteiger partial charge < -0.3 is 5.73 Å². The van der Waals surface area contributed by atoms with Crippen LogP contribution in [-0.4, -0.2) is 9.78 Å². The Kier molecular flexibility index (Phi) is 2.67. The molecule has 3 nitrogen and oxygen atoms in total. The number of hydrogen-bond acceptors (Lipinski definition) is 2. The van der Waals surface area contributed by atoms with Gasteiger partial charge >= 0.3 is 0 Å². The summed E-state index contributed by atoms with van der Waals surface area (Å²) < 4.78 is 3.14. The normalized spacial score (nSPS) is 15.1. The molecule has 1 fully saturated rings. The topological polar surface area (TPSA) is 43.8 Å². The van der Waals surface area contributed by atoms with E-state index in [4.69, 9.17) is 5.73 Å². The predicted molar refractivity (Wildman–Crippen MR) is 71.9 cm³/mol. The largest absolute Gasteiger partial charge is 0.396 e. The molecule has 4 heteroatoms. The SMILES string of the molecule is Nc1cnn(Cc2ccc(Br)cc2)c1C1CC1. The van der Waals surface area contributed by atoms with Crippen molar-refractivity contribution in [3.63, 3.8) is 0 Å². The molecule has 88 valence electrons. The first-order valence-corrected chi connectivity index (χ1v) is 6.59. The first kappa shape index (κ1) is 10.8. The molecule has 2 aromatic rings. The van der Waals surface area contributed by atoms with Crippen LogP contribution in [0.25, 0.3) is 0 Å². The van der Waals surface area contributed by atoms with E-state index in [0.717, 1.165) is 16.7 Å². The maximum Gasteiger partial charge on any atom is 0.0736 e. The van der Waals surface area contributed by atoms with E-state index in [2.05, 4.69) is 45.3 Å². The lowest BCUT2D eigenvalue weighted by Crippen LogP contribution is -2.06. The highest BCUT2D eigenvalue weighted by Crippen LogP contribution is 2.42. The Bertz CT molecular complexity index is 526. The van der Waals surface area contributed by atoms with E-state index in [9.17, 15) is 0 Å². The minimum Gasteiger partial charge on any atom is -0.396 e. The lowest BCUT2D eigenvalue weighted by Gasteiger charge is -2.07. The van der Waals surface area contributed by atoms with Crippen molar-refractivity contribution >= 4 is 21.6 Å². The Morgan fingerprint density at radius 3 is 2.65 bits per heavy atom. The van der Waals surface area contributed by atoms with Crippen molar-refractivity contribution in [2.45, 2.75) is 25.3 Å². The molecule has 1 saturated carbocycles. The number of aromatic nitrogens is 2. The van der Waals surface area contributed by atoms with Crippen LogP contribution in [0.1, 0.15) is 30.0 Å². The van der Waals surface area contributed by atoms with Crippen molar-refractivity contribution < 1.29 is 0 Å². The summed E-state index contributed by atoms with van der Waals surface area (Å²) in [6, 6.07) is 8.33. The smallest absolute Gasteiger partial charge is 0.0736 e. The fraction of sp³-hybridized carbons (Fsp3) is 0.308. The minimum absolute atomic E-state index is 0.632. The van der Waals surface area contributed by atoms with Crippen molar-refractivity contribution in [2.75, 3.05) is 5.73 Å². The van der Waals surface area contributed by atoms with Crippen molar-refractivity contribution in [1.29, 1.82) is 0 Å². The number of halogens is 1. The van der Waals surface area contributed by atoms with Gasteiger partial charge in [0.15, 0.2) is 0 Å². The maximum atomic E-state index is 5.97. The van der Waals surface area contributed by atoms with E-state index in [1.165, 1.54) is 24.1 Å². The van der Waals surface area contributed by atoms with E-state index >= 15 is 0 Å². The molecule has 0 atom stereocenters. The molecule has 1 heterocycles. The van der Waals surface area contributed by atoms with E-state index in [1.54, 1.807) is 6.20 Å². The third-order valence-electron chi connectivity index (χ3n) is 3.12. The van der Waals surface area contributed by atoms with Crippen LogP contribution in [0.2, 0.25) is 0 Å². The second-order valence-corrected chi connectivity index (χ2v) is 5.46. The molecule has 0 radical (unpaired) electrons. The lowest BCUT2D eigenvalue weighted by atomic mass is 10.2. The molecule has 17 heavy (non-hydrogen) atoms. The van der Waals surface area contributed by atoms with Gasteiger partial charge in [0.1, 0.15) is 0 Å². The zero-order valence-corrected chi connectivity index (χ0v) is 11.0. The standard InChI is InChI=1S/C13H14BrN3/c14-11-5-1-9(2-6-11)8-17-13(10-3-4-10)12(15)7-16-17/h1-2,5-7,10H,3-4,8,15H2. The van der Waals surface area contributed by atoms with E-state index in [0.29, 0.717) is 5.92 Å². The van der Waals surface area contributed by atoms with E-state index in [1.807, 2.05) is 4.68 Å². The molecule has 0 spiro atoms. The van der Waals surface area contributed by atoms with Gasteiger partial charge in [-0.3, -0.25) is 4.68 Å². The quantitative estimate of drug-likeness (QED) is 0.944.